The summed E-state index contributed by atoms with van der Waals surface area (Å²) in [5, 5.41) is 20.3. The van der Waals surface area contributed by atoms with Crippen molar-refractivity contribution < 1.29 is 29.2 Å². The second-order valence-corrected chi connectivity index (χ2v) is 6.42. The molecule has 1 aromatic rings. The van der Waals surface area contributed by atoms with Gasteiger partial charge in [-0.25, -0.2) is 0 Å². The van der Waals surface area contributed by atoms with Gasteiger partial charge in [0.1, 0.15) is 0 Å². The van der Waals surface area contributed by atoms with Crippen LogP contribution in [0.25, 0.3) is 0 Å². The molecule has 1 amide bonds. The number of nitrogens with zero attached hydrogens (tertiary/aromatic N) is 1. The predicted octanol–water partition coefficient (Wildman–Crippen LogP) is 1.87. The van der Waals surface area contributed by atoms with E-state index in [0.29, 0.717) is 29.0 Å². The number of carbonyl (C=O) groups excluding carboxylic acids is 1. The Hall–Kier alpha value is -1.99. The molecule has 0 aliphatic rings. The number of hydrogen-bond acceptors (Lipinski definition) is 6. The first-order valence-electron chi connectivity index (χ1n) is 8.70. The van der Waals surface area contributed by atoms with Crippen LogP contribution in [0.1, 0.15) is 42.1 Å². The third-order valence-electron chi connectivity index (χ3n) is 4.15. The summed E-state index contributed by atoms with van der Waals surface area (Å²) >= 11 is 0. The van der Waals surface area contributed by atoms with E-state index in [-0.39, 0.29) is 24.5 Å². The Morgan fingerprint density at radius 2 is 1.69 bits per heavy atom. The molecule has 0 heterocycles. The average molecular weight is 369 g/mol. The number of amides is 1. The summed E-state index contributed by atoms with van der Waals surface area (Å²) in [7, 11) is 7.71. The maximum Gasteiger partial charge on any atom is 0.257 e. The minimum atomic E-state index is -0.798. The Morgan fingerprint density at radius 1 is 1.08 bits per heavy atom. The Labute approximate surface area is 155 Å². The van der Waals surface area contributed by atoms with Gasteiger partial charge < -0.3 is 29.3 Å². The molecule has 148 valence electrons. The number of aliphatic hydroxyl groups is 2. The molecule has 0 saturated heterocycles. The monoisotopic (exact) mass is 369 g/mol. The van der Waals surface area contributed by atoms with Gasteiger partial charge in [0.2, 0.25) is 5.75 Å². The van der Waals surface area contributed by atoms with Crippen molar-refractivity contribution in [2.45, 2.75) is 44.8 Å². The van der Waals surface area contributed by atoms with E-state index in [0.717, 1.165) is 6.42 Å². The van der Waals surface area contributed by atoms with Crippen LogP contribution in [0, 0.1) is 0 Å². The van der Waals surface area contributed by atoms with Crippen LogP contribution in [-0.2, 0) is 6.42 Å². The number of aliphatic hydroxyl groups excluding tert-OH is 2. The maximum atomic E-state index is 12.7. The molecule has 0 saturated carbocycles. The molecule has 0 aromatic heterocycles. The molecular weight excluding hydrogens is 338 g/mol. The van der Waals surface area contributed by atoms with E-state index in [4.69, 9.17) is 14.2 Å². The summed E-state index contributed by atoms with van der Waals surface area (Å²) in [6.45, 7) is 1.97. The van der Waals surface area contributed by atoms with Gasteiger partial charge in [0.15, 0.2) is 11.5 Å². The van der Waals surface area contributed by atoms with Gasteiger partial charge in [0.25, 0.3) is 5.91 Å². The summed E-state index contributed by atoms with van der Waals surface area (Å²) in [6, 6.07) is 1.67. The van der Waals surface area contributed by atoms with Crippen molar-refractivity contribution in [3.05, 3.63) is 17.2 Å². The first-order chi connectivity index (χ1) is 12.3. The molecule has 0 spiro atoms. The molecule has 7 heteroatoms. The highest BCUT2D eigenvalue weighted by atomic mass is 16.5. The largest absolute Gasteiger partial charge is 0.493 e. The molecule has 0 aliphatic carbocycles. The number of hydrogen-bond donors (Lipinski definition) is 2. The SMILES string of the molecule is CCC[C@H](O)C[C@@H](O)Cc1cc(OC)c(OC)c(OC)c1C(=O)N(C)C. The number of benzene rings is 1. The third kappa shape index (κ3) is 5.25. The van der Waals surface area contributed by atoms with Crippen LogP contribution in [0.15, 0.2) is 6.07 Å². The standard InChI is InChI=1S/C19H31NO6/c1-7-8-13(21)11-14(22)9-12-10-15(24-4)17(25-5)18(26-6)16(12)19(23)20(2)3/h10,13-14,21-22H,7-9,11H2,1-6H3/t13-,14-/m0/s1. The molecule has 2 atom stereocenters. The number of methoxy groups -OCH3 is 3. The van der Waals surface area contributed by atoms with Gasteiger partial charge in [-0.2, -0.15) is 0 Å². The van der Waals surface area contributed by atoms with Crippen molar-refractivity contribution in [2.24, 2.45) is 0 Å². The van der Waals surface area contributed by atoms with Crippen LogP contribution in [0.2, 0.25) is 0 Å². The van der Waals surface area contributed by atoms with Crippen molar-refractivity contribution in [2.75, 3.05) is 35.4 Å². The van der Waals surface area contributed by atoms with Crippen molar-refractivity contribution in [1.29, 1.82) is 0 Å². The zero-order chi connectivity index (χ0) is 19.9. The van der Waals surface area contributed by atoms with Gasteiger partial charge in [0.05, 0.1) is 39.1 Å². The molecular formula is C19H31NO6. The van der Waals surface area contributed by atoms with Crippen molar-refractivity contribution in [3.8, 4) is 17.2 Å². The molecule has 0 bridgehead atoms. The fourth-order valence-electron chi connectivity index (χ4n) is 2.93. The maximum absolute atomic E-state index is 12.7. The Balaban J connectivity index is 3.37. The zero-order valence-corrected chi connectivity index (χ0v) is 16.5. The van der Waals surface area contributed by atoms with Gasteiger partial charge in [-0.05, 0) is 30.9 Å². The first-order valence-corrected chi connectivity index (χ1v) is 8.70. The van der Waals surface area contributed by atoms with Crippen LogP contribution >= 0.6 is 0 Å². The first kappa shape index (κ1) is 22.1. The molecule has 0 fully saturated rings. The fourth-order valence-corrected chi connectivity index (χ4v) is 2.93. The lowest BCUT2D eigenvalue weighted by Gasteiger charge is -2.23. The average Bonchev–Trinajstić information content (AvgIpc) is 2.59. The van der Waals surface area contributed by atoms with Crippen molar-refractivity contribution in [3.63, 3.8) is 0 Å². The van der Waals surface area contributed by atoms with Crippen LogP contribution in [0.3, 0.4) is 0 Å². The number of rotatable bonds is 10. The molecule has 1 aromatic carbocycles. The lowest BCUT2D eigenvalue weighted by Crippen LogP contribution is -2.26. The fraction of sp³-hybridized carbons (Fsp3) is 0.632. The highest BCUT2D eigenvalue weighted by molar-refractivity contribution is 5.99. The molecule has 7 nitrogen and oxygen atoms in total. The third-order valence-corrected chi connectivity index (χ3v) is 4.15. The Morgan fingerprint density at radius 3 is 2.15 bits per heavy atom. The second kappa shape index (κ2) is 10.2. The van der Waals surface area contributed by atoms with E-state index in [1.165, 1.54) is 26.2 Å². The van der Waals surface area contributed by atoms with E-state index < -0.39 is 12.2 Å². The van der Waals surface area contributed by atoms with Gasteiger partial charge in [-0.3, -0.25) is 4.79 Å². The van der Waals surface area contributed by atoms with E-state index >= 15 is 0 Å². The van der Waals surface area contributed by atoms with E-state index in [9.17, 15) is 15.0 Å². The number of ether oxygens (including phenoxy) is 3. The van der Waals surface area contributed by atoms with Gasteiger partial charge in [-0.15, -0.1) is 0 Å². The van der Waals surface area contributed by atoms with Crippen LogP contribution in [0.5, 0.6) is 17.2 Å². The summed E-state index contributed by atoms with van der Waals surface area (Å²) in [4.78, 5) is 14.2. The smallest absolute Gasteiger partial charge is 0.257 e. The van der Waals surface area contributed by atoms with E-state index in [2.05, 4.69) is 0 Å². The van der Waals surface area contributed by atoms with E-state index in [1.54, 1.807) is 20.2 Å². The van der Waals surface area contributed by atoms with Crippen LogP contribution in [0.4, 0.5) is 0 Å². The quantitative estimate of drug-likeness (QED) is 0.655. The van der Waals surface area contributed by atoms with Crippen LogP contribution in [-0.4, -0.2) is 68.7 Å². The summed E-state index contributed by atoms with van der Waals surface area (Å²) in [5.41, 5.74) is 0.897. The minimum absolute atomic E-state index is 0.187. The van der Waals surface area contributed by atoms with Crippen molar-refractivity contribution >= 4 is 5.91 Å². The molecule has 0 radical (unpaired) electrons. The molecule has 2 N–H and O–H groups in total. The van der Waals surface area contributed by atoms with Crippen molar-refractivity contribution in [1.82, 2.24) is 4.90 Å². The summed E-state index contributed by atoms with van der Waals surface area (Å²) < 4.78 is 16.2. The van der Waals surface area contributed by atoms with Gasteiger partial charge in [-0.1, -0.05) is 13.3 Å². The number of carbonyl (C=O) groups is 1. The normalized spacial score (nSPS) is 13.1. The molecule has 0 unspecified atom stereocenters. The summed E-state index contributed by atoms with van der Waals surface area (Å²) in [5.74, 6) is 0.737. The Bertz CT molecular complexity index is 602. The zero-order valence-electron chi connectivity index (χ0n) is 16.5. The second-order valence-electron chi connectivity index (χ2n) is 6.42. The highest BCUT2D eigenvalue weighted by Gasteiger charge is 2.27. The topological polar surface area (TPSA) is 88.5 Å². The highest BCUT2D eigenvalue weighted by Crippen LogP contribution is 2.42. The van der Waals surface area contributed by atoms with Gasteiger partial charge >= 0.3 is 0 Å². The molecule has 0 aliphatic heterocycles. The van der Waals surface area contributed by atoms with Gasteiger partial charge in [0, 0.05) is 14.1 Å². The Kier molecular flexibility index (Phi) is 8.68. The molecule has 1 rings (SSSR count). The lowest BCUT2D eigenvalue weighted by molar-refractivity contribution is 0.0748. The van der Waals surface area contributed by atoms with Crippen LogP contribution < -0.4 is 14.2 Å². The predicted molar refractivity (Wildman–Crippen MR) is 99.4 cm³/mol. The summed E-state index contributed by atoms with van der Waals surface area (Å²) in [6.07, 6.45) is 0.503. The minimum Gasteiger partial charge on any atom is -0.493 e. The molecule has 26 heavy (non-hydrogen) atoms. The lowest BCUT2D eigenvalue weighted by atomic mass is 9.95. The van der Waals surface area contributed by atoms with E-state index in [1.807, 2.05) is 6.92 Å².